The third-order valence-corrected chi connectivity index (χ3v) is 4.52. The van der Waals surface area contributed by atoms with Crippen LogP contribution in [0.1, 0.15) is 49.8 Å². The van der Waals surface area contributed by atoms with Gasteiger partial charge in [0.15, 0.2) is 0 Å². The van der Waals surface area contributed by atoms with E-state index in [1.807, 2.05) is 12.3 Å². The molecule has 0 aromatic carbocycles. The zero-order valence-electron chi connectivity index (χ0n) is 11.5. The molecule has 0 bridgehead atoms. The fourth-order valence-corrected chi connectivity index (χ4v) is 3.52. The number of aromatic nitrogens is 1. The van der Waals surface area contributed by atoms with Crippen molar-refractivity contribution in [2.24, 2.45) is 5.92 Å². The quantitative estimate of drug-likeness (QED) is 0.838. The van der Waals surface area contributed by atoms with Gasteiger partial charge in [-0.3, -0.25) is 9.78 Å². The van der Waals surface area contributed by atoms with E-state index >= 15 is 0 Å². The highest BCUT2D eigenvalue weighted by Crippen LogP contribution is 2.36. The summed E-state index contributed by atoms with van der Waals surface area (Å²) in [6, 6.07) is 4.09. The van der Waals surface area contributed by atoms with Crippen molar-refractivity contribution in [2.75, 3.05) is 6.61 Å². The Morgan fingerprint density at radius 1 is 1.47 bits per heavy atom. The second kappa shape index (κ2) is 5.41. The summed E-state index contributed by atoms with van der Waals surface area (Å²) in [5.74, 6) is 0.456. The minimum absolute atomic E-state index is 0.00528. The maximum Gasteiger partial charge on any atom is 0.147 e. The lowest BCUT2D eigenvalue weighted by Crippen LogP contribution is -2.30. The maximum absolute atomic E-state index is 12.8. The molecule has 3 unspecified atom stereocenters. The molecule has 2 aliphatic rings. The molecule has 3 heteroatoms. The highest BCUT2D eigenvalue weighted by atomic mass is 16.5. The van der Waals surface area contributed by atoms with E-state index in [1.165, 1.54) is 5.56 Å². The van der Waals surface area contributed by atoms with Crippen molar-refractivity contribution < 1.29 is 9.53 Å². The zero-order chi connectivity index (χ0) is 13.2. The topological polar surface area (TPSA) is 39.2 Å². The van der Waals surface area contributed by atoms with Gasteiger partial charge in [-0.25, -0.2) is 0 Å². The van der Waals surface area contributed by atoms with E-state index in [9.17, 15) is 4.79 Å². The molecule has 3 atom stereocenters. The van der Waals surface area contributed by atoms with E-state index in [4.69, 9.17) is 4.74 Å². The molecule has 1 saturated heterocycles. The lowest BCUT2D eigenvalue weighted by Gasteiger charge is -2.26. The molecule has 0 N–H and O–H groups in total. The number of ether oxygens (including phenoxy) is 1. The first kappa shape index (κ1) is 12.8. The minimum Gasteiger partial charge on any atom is -0.377 e. The van der Waals surface area contributed by atoms with Gasteiger partial charge in [0.1, 0.15) is 5.78 Å². The third kappa shape index (κ3) is 2.32. The molecular weight excluding hydrogens is 238 g/mol. The maximum atomic E-state index is 12.8. The van der Waals surface area contributed by atoms with Crippen LogP contribution in [0.4, 0.5) is 0 Å². The molecule has 1 aliphatic heterocycles. The Balaban J connectivity index is 1.85. The number of fused-ring (bicyclic) bond motifs is 1. The van der Waals surface area contributed by atoms with Crippen LogP contribution in [0, 0.1) is 5.92 Å². The molecule has 0 radical (unpaired) electrons. The molecule has 0 saturated carbocycles. The molecule has 0 spiro atoms. The van der Waals surface area contributed by atoms with Gasteiger partial charge in [-0.2, -0.15) is 0 Å². The second-order valence-corrected chi connectivity index (χ2v) is 5.61. The minimum atomic E-state index is 0.00528. The molecule has 3 rings (SSSR count). The SMILES string of the molecule is CCC1OCCC1C(=O)C1CCCc2cccnc21. The molecule has 102 valence electrons. The van der Waals surface area contributed by atoms with Gasteiger partial charge in [-0.1, -0.05) is 13.0 Å². The van der Waals surface area contributed by atoms with E-state index in [-0.39, 0.29) is 17.9 Å². The fourth-order valence-electron chi connectivity index (χ4n) is 3.52. The first-order chi connectivity index (χ1) is 9.31. The molecule has 1 fully saturated rings. The van der Waals surface area contributed by atoms with Crippen LogP contribution >= 0.6 is 0 Å². The number of rotatable bonds is 3. The van der Waals surface area contributed by atoms with Gasteiger partial charge >= 0.3 is 0 Å². The van der Waals surface area contributed by atoms with Crippen LogP contribution in [0.2, 0.25) is 0 Å². The summed E-state index contributed by atoms with van der Waals surface area (Å²) in [5.41, 5.74) is 2.29. The van der Waals surface area contributed by atoms with Gasteiger partial charge in [-0.05, 0) is 43.7 Å². The summed E-state index contributed by atoms with van der Waals surface area (Å²) >= 11 is 0. The third-order valence-electron chi connectivity index (χ3n) is 4.52. The summed E-state index contributed by atoms with van der Waals surface area (Å²) in [5, 5.41) is 0. The van der Waals surface area contributed by atoms with Crippen molar-refractivity contribution in [3.05, 3.63) is 29.6 Å². The van der Waals surface area contributed by atoms with Gasteiger partial charge in [0.05, 0.1) is 17.7 Å². The van der Waals surface area contributed by atoms with E-state index in [2.05, 4.69) is 18.0 Å². The van der Waals surface area contributed by atoms with Gasteiger partial charge in [0, 0.05) is 18.7 Å². The number of carbonyl (C=O) groups excluding carboxylic acids is 1. The van der Waals surface area contributed by atoms with Crippen LogP contribution in [-0.4, -0.2) is 23.5 Å². The van der Waals surface area contributed by atoms with E-state index < -0.39 is 0 Å². The molecule has 1 aliphatic carbocycles. The lowest BCUT2D eigenvalue weighted by atomic mass is 9.78. The number of Topliss-reactive ketones (excluding diaryl/α,β-unsaturated/α-hetero) is 1. The van der Waals surface area contributed by atoms with Crippen molar-refractivity contribution in [2.45, 2.75) is 51.0 Å². The number of hydrogen-bond donors (Lipinski definition) is 0. The molecule has 19 heavy (non-hydrogen) atoms. The fraction of sp³-hybridized carbons (Fsp3) is 0.625. The normalized spacial score (nSPS) is 30.1. The number of carbonyl (C=O) groups is 1. The van der Waals surface area contributed by atoms with E-state index in [0.29, 0.717) is 5.78 Å². The number of aryl methyl sites for hydroxylation is 1. The van der Waals surface area contributed by atoms with Crippen LogP contribution < -0.4 is 0 Å². The predicted octanol–water partition coefficient (Wildman–Crippen LogP) is 2.89. The standard InChI is InChI=1S/C16H21NO2/c1-2-14-12(8-10-19-14)16(18)13-7-3-5-11-6-4-9-17-15(11)13/h4,6,9,12-14H,2-3,5,7-8,10H2,1H3. The Morgan fingerprint density at radius 2 is 2.37 bits per heavy atom. The number of pyridine rings is 1. The number of hydrogen-bond acceptors (Lipinski definition) is 3. The van der Waals surface area contributed by atoms with Gasteiger partial charge < -0.3 is 4.74 Å². The Morgan fingerprint density at radius 3 is 3.21 bits per heavy atom. The molecule has 1 aromatic rings. The highest BCUT2D eigenvalue weighted by Gasteiger charge is 2.38. The summed E-state index contributed by atoms with van der Waals surface area (Å²) in [6.45, 7) is 2.83. The van der Waals surface area contributed by atoms with Crippen LogP contribution in [-0.2, 0) is 16.0 Å². The Bertz CT molecular complexity index is 472. The van der Waals surface area contributed by atoms with E-state index in [0.717, 1.165) is 44.4 Å². The summed E-state index contributed by atoms with van der Waals surface area (Å²) in [6.07, 6.45) is 6.86. The largest absolute Gasteiger partial charge is 0.377 e. The van der Waals surface area contributed by atoms with Gasteiger partial charge in [-0.15, -0.1) is 0 Å². The van der Waals surface area contributed by atoms with Crippen LogP contribution in [0.5, 0.6) is 0 Å². The highest BCUT2D eigenvalue weighted by molar-refractivity contribution is 5.88. The van der Waals surface area contributed by atoms with Crippen molar-refractivity contribution >= 4 is 5.78 Å². The first-order valence-electron chi connectivity index (χ1n) is 7.40. The molecule has 3 nitrogen and oxygen atoms in total. The molecule has 0 amide bonds. The average molecular weight is 259 g/mol. The Hall–Kier alpha value is -1.22. The van der Waals surface area contributed by atoms with Gasteiger partial charge in [0.2, 0.25) is 0 Å². The van der Waals surface area contributed by atoms with Crippen molar-refractivity contribution in [1.82, 2.24) is 4.98 Å². The zero-order valence-corrected chi connectivity index (χ0v) is 11.5. The molecular formula is C16H21NO2. The summed E-state index contributed by atoms with van der Waals surface area (Å²) < 4.78 is 5.67. The van der Waals surface area contributed by atoms with Gasteiger partial charge in [0.25, 0.3) is 0 Å². The summed E-state index contributed by atoms with van der Waals surface area (Å²) in [7, 11) is 0. The summed E-state index contributed by atoms with van der Waals surface area (Å²) in [4.78, 5) is 17.3. The lowest BCUT2D eigenvalue weighted by molar-refractivity contribution is -0.126. The molecule has 2 heterocycles. The predicted molar refractivity (Wildman–Crippen MR) is 73.1 cm³/mol. The van der Waals surface area contributed by atoms with E-state index in [1.54, 1.807) is 0 Å². The monoisotopic (exact) mass is 259 g/mol. The van der Waals surface area contributed by atoms with Crippen LogP contribution in [0.15, 0.2) is 18.3 Å². The number of ketones is 1. The Labute approximate surface area is 114 Å². The Kier molecular flexibility index (Phi) is 3.65. The molecule has 1 aromatic heterocycles. The average Bonchev–Trinajstić information content (AvgIpc) is 2.94. The van der Waals surface area contributed by atoms with Crippen molar-refractivity contribution in [3.63, 3.8) is 0 Å². The van der Waals surface area contributed by atoms with Crippen molar-refractivity contribution in [1.29, 1.82) is 0 Å². The smallest absolute Gasteiger partial charge is 0.147 e. The van der Waals surface area contributed by atoms with Crippen LogP contribution in [0.25, 0.3) is 0 Å². The van der Waals surface area contributed by atoms with Crippen LogP contribution in [0.3, 0.4) is 0 Å². The first-order valence-corrected chi connectivity index (χ1v) is 7.40. The van der Waals surface area contributed by atoms with Crippen molar-refractivity contribution in [3.8, 4) is 0 Å². The second-order valence-electron chi connectivity index (χ2n) is 5.61. The number of nitrogens with zero attached hydrogens (tertiary/aromatic N) is 1.